The van der Waals surface area contributed by atoms with Crippen LogP contribution in [-0.4, -0.2) is 24.2 Å². The van der Waals surface area contributed by atoms with E-state index in [0.29, 0.717) is 6.61 Å². The SMILES string of the molecule is S=C(NC[C@@H]1CCCO1)c1cccc(OCc2ccccc2)c1. The smallest absolute Gasteiger partial charge is 0.120 e. The standard InChI is InChI=1S/C19H21NO2S/c23-19(20-13-18-10-5-11-21-18)16-8-4-9-17(12-16)22-14-15-6-2-1-3-7-15/h1-4,6-9,12,18H,5,10-11,13-14H2,(H,20,23)/t18-/m0/s1. The molecular weight excluding hydrogens is 306 g/mol. The topological polar surface area (TPSA) is 30.5 Å². The third kappa shape index (κ3) is 4.78. The molecule has 1 aliphatic heterocycles. The number of benzene rings is 2. The number of hydrogen-bond acceptors (Lipinski definition) is 3. The minimum absolute atomic E-state index is 0.283. The Hall–Kier alpha value is -1.91. The van der Waals surface area contributed by atoms with Crippen molar-refractivity contribution in [2.24, 2.45) is 0 Å². The third-order valence-electron chi connectivity index (χ3n) is 3.86. The summed E-state index contributed by atoms with van der Waals surface area (Å²) in [6, 6.07) is 18.0. The summed E-state index contributed by atoms with van der Waals surface area (Å²) in [5.41, 5.74) is 2.13. The van der Waals surface area contributed by atoms with Gasteiger partial charge in [0.2, 0.25) is 0 Å². The first-order valence-electron chi connectivity index (χ1n) is 7.98. The molecule has 2 aromatic rings. The minimum Gasteiger partial charge on any atom is -0.489 e. The van der Waals surface area contributed by atoms with Gasteiger partial charge in [-0.25, -0.2) is 0 Å². The van der Waals surface area contributed by atoms with E-state index in [0.717, 1.165) is 47.9 Å². The zero-order chi connectivity index (χ0) is 15.9. The van der Waals surface area contributed by atoms with Crippen LogP contribution in [0.1, 0.15) is 24.0 Å². The van der Waals surface area contributed by atoms with Gasteiger partial charge in [-0.1, -0.05) is 54.7 Å². The largest absolute Gasteiger partial charge is 0.489 e. The highest BCUT2D eigenvalue weighted by molar-refractivity contribution is 7.80. The predicted molar refractivity (Wildman–Crippen MR) is 95.9 cm³/mol. The summed E-state index contributed by atoms with van der Waals surface area (Å²) < 4.78 is 11.5. The number of thiocarbonyl (C=S) groups is 1. The van der Waals surface area contributed by atoms with E-state index in [2.05, 4.69) is 17.4 Å². The molecule has 120 valence electrons. The minimum atomic E-state index is 0.283. The average Bonchev–Trinajstić information content (AvgIpc) is 3.12. The Morgan fingerprint density at radius 2 is 2.04 bits per heavy atom. The fourth-order valence-electron chi connectivity index (χ4n) is 2.58. The summed E-state index contributed by atoms with van der Waals surface area (Å²) in [6.45, 7) is 2.19. The van der Waals surface area contributed by atoms with Gasteiger partial charge in [-0.05, 0) is 30.5 Å². The molecule has 1 aliphatic rings. The molecule has 1 heterocycles. The molecule has 1 atom stereocenters. The maximum absolute atomic E-state index is 5.85. The Morgan fingerprint density at radius 3 is 2.83 bits per heavy atom. The van der Waals surface area contributed by atoms with E-state index < -0.39 is 0 Å². The van der Waals surface area contributed by atoms with Crippen molar-refractivity contribution in [3.05, 3.63) is 65.7 Å². The number of hydrogen-bond donors (Lipinski definition) is 1. The Morgan fingerprint density at radius 1 is 1.17 bits per heavy atom. The van der Waals surface area contributed by atoms with Gasteiger partial charge < -0.3 is 14.8 Å². The van der Waals surface area contributed by atoms with Crippen LogP contribution in [0.4, 0.5) is 0 Å². The molecule has 1 saturated heterocycles. The molecule has 0 spiro atoms. The fourth-order valence-corrected chi connectivity index (χ4v) is 2.79. The molecule has 1 fully saturated rings. The van der Waals surface area contributed by atoms with Crippen LogP contribution in [0.3, 0.4) is 0 Å². The molecule has 0 saturated carbocycles. The lowest BCUT2D eigenvalue weighted by molar-refractivity contribution is 0.114. The predicted octanol–water partition coefficient (Wildman–Crippen LogP) is 3.71. The van der Waals surface area contributed by atoms with Gasteiger partial charge in [0.15, 0.2) is 0 Å². The molecule has 0 aromatic heterocycles. The second kappa shape index (κ2) is 8.09. The monoisotopic (exact) mass is 327 g/mol. The third-order valence-corrected chi connectivity index (χ3v) is 4.24. The Labute approximate surface area is 142 Å². The zero-order valence-electron chi connectivity index (χ0n) is 13.0. The Kier molecular flexibility index (Phi) is 5.61. The molecule has 0 amide bonds. The van der Waals surface area contributed by atoms with Crippen molar-refractivity contribution in [1.29, 1.82) is 0 Å². The quantitative estimate of drug-likeness (QED) is 0.819. The fraction of sp³-hybridized carbons (Fsp3) is 0.316. The van der Waals surface area contributed by atoms with Crippen molar-refractivity contribution in [2.75, 3.05) is 13.2 Å². The van der Waals surface area contributed by atoms with E-state index in [-0.39, 0.29) is 6.10 Å². The Balaban J connectivity index is 1.54. The van der Waals surface area contributed by atoms with Crippen molar-refractivity contribution in [3.8, 4) is 5.75 Å². The summed E-state index contributed by atoms with van der Waals surface area (Å²) in [6.07, 6.45) is 2.53. The first-order valence-corrected chi connectivity index (χ1v) is 8.39. The van der Waals surface area contributed by atoms with Crippen LogP contribution in [0.2, 0.25) is 0 Å². The highest BCUT2D eigenvalue weighted by Gasteiger charge is 2.15. The maximum Gasteiger partial charge on any atom is 0.120 e. The average molecular weight is 327 g/mol. The van der Waals surface area contributed by atoms with Gasteiger partial charge in [-0.15, -0.1) is 0 Å². The van der Waals surface area contributed by atoms with Gasteiger partial charge in [0.05, 0.1) is 6.10 Å². The maximum atomic E-state index is 5.85. The van der Waals surface area contributed by atoms with Crippen LogP contribution in [-0.2, 0) is 11.3 Å². The van der Waals surface area contributed by atoms with Crippen LogP contribution in [0.25, 0.3) is 0 Å². The zero-order valence-corrected chi connectivity index (χ0v) is 13.9. The van der Waals surface area contributed by atoms with Crippen molar-refractivity contribution in [2.45, 2.75) is 25.6 Å². The molecule has 0 unspecified atom stereocenters. The Bertz CT molecular complexity index is 639. The second-order valence-electron chi connectivity index (χ2n) is 5.65. The molecule has 3 nitrogen and oxygen atoms in total. The number of rotatable bonds is 6. The second-order valence-corrected chi connectivity index (χ2v) is 6.06. The summed E-state index contributed by atoms with van der Waals surface area (Å²) in [5.74, 6) is 0.826. The van der Waals surface area contributed by atoms with E-state index in [1.54, 1.807) is 0 Å². The summed E-state index contributed by atoms with van der Waals surface area (Å²) in [5, 5.41) is 3.29. The molecular formula is C19H21NO2S. The molecule has 0 bridgehead atoms. The van der Waals surface area contributed by atoms with Gasteiger partial charge >= 0.3 is 0 Å². The molecule has 3 rings (SSSR count). The molecule has 0 aliphatic carbocycles. The first-order chi connectivity index (χ1) is 11.3. The summed E-state index contributed by atoms with van der Waals surface area (Å²) >= 11 is 5.47. The van der Waals surface area contributed by atoms with Crippen molar-refractivity contribution < 1.29 is 9.47 Å². The molecule has 23 heavy (non-hydrogen) atoms. The lowest BCUT2D eigenvalue weighted by atomic mass is 10.2. The van der Waals surface area contributed by atoms with E-state index in [1.807, 2.05) is 42.5 Å². The van der Waals surface area contributed by atoms with Crippen LogP contribution in [0.15, 0.2) is 54.6 Å². The van der Waals surface area contributed by atoms with Crippen molar-refractivity contribution in [3.63, 3.8) is 0 Å². The van der Waals surface area contributed by atoms with Crippen molar-refractivity contribution >= 4 is 17.2 Å². The molecule has 4 heteroatoms. The van der Waals surface area contributed by atoms with Gasteiger partial charge in [0, 0.05) is 18.7 Å². The van der Waals surface area contributed by atoms with Gasteiger partial charge in [-0.3, -0.25) is 0 Å². The van der Waals surface area contributed by atoms with E-state index in [9.17, 15) is 0 Å². The van der Waals surface area contributed by atoms with Crippen molar-refractivity contribution in [1.82, 2.24) is 5.32 Å². The molecule has 0 radical (unpaired) electrons. The summed E-state index contributed by atoms with van der Waals surface area (Å²) in [7, 11) is 0. The van der Waals surface area contributed by atoms with Crippen LogP contribution < -0.4 is 10.1 Å². The van der Waals surface area contributed by atoms with Gasteiger partial charge in [-0.2, -0.15) is 0 Å². The van der Waals surface area contributed by atoms with Crippen LogP contribution >= 0.6 is 12.2 Å². The lowest BCUT2D eigenvalue weighted by Crippen LogP contribution is -2.31. The van der Waals surface area contributed by atoms with E-state index in [1.165, 1.54) is 0 Å². The number of nitrogens with one attached hydrogen (secondary N) is 1. The summed E-state index contributed by atoms with van der Waals surface area (Å²) in [4.78, 5) is 0.741. The highest BCUT2D eigenvalue weighted by Crippen LogP contribution is 2.16. The highest BCUT2D eigenvalue weighted by atomic mass is 32.1. The van der Waals surface area contributed by atoms with Crippen LogP contribution in [0.5, 0.6) is 5.75 Å². The molecule has 1 N–H and O–H groups in total. The van der Waals surface area contributed by atoms with Gasteiger partial charge in [0.1, 0.15) is 17.3 Å². The van der Waals surface area contributed by atoms with E-state index >= 15 is 0 Å². The number of ether oxygens (including phenoxy) is 2. The van der Waals surface area contributed by atoms with E-state index in [4.69, 9.17) is 21.7 Å². The first kappa shape index (κ1) is 16.0. The molecule has 2 aromatic carbocycles. The van der Waals surface area contributed by atoms with Gasteiger partial charge in [0.25, 0.3) is 0 Å². The lowest BCUT2D eigenvalue weighted by Gasteiger charge is -2.13. The normalized spacial score (nSPS) is 17.0. The van der Waals surface area contributed by atoms with Crippen LogP contribution in [0, 0.1) is 0 Å².